The van der Waals surface area contributed by atoms with E-state index >= 15 is 0 Å². The van der Waals surface area contributed by atoms with Crippen LogP contribution in [0, 0.1) is 11.7 Å². The van der Waals surface area contributed by atoms with Crippen molar-refractivity contribution in [2.75, 3.05) is 18.6 Å². The number of rotatable bonds is 6. The van der Waals surface area contributed by atoms with Gasteiger partial charge in [0, 0.05) is 24.2 Å². The van der Waals surface area contributed by atoms with Gasteiger partial charge in [0.1, 0.15) is 11.6 Å². The van der Waals surface area contributed by atoms with E-state index in [-0.39, 0.29) is 23.5 Å². The van der Waals surface area contributed by atoms with Crippen molar-refractivity contribution in [3.63, 3.8) is 0 Å². The molecule has 0 bridgehead atoms. The fourth-order valence-corrected chi connectivity index (χ4v) is 5.00. The molecule has 0 radical (unpaired) electrons. The molecule has 2 aliphatic rings. The maximum atomic E-state index is 13.7. The molecule has 1 heterocycles. The molecule has 1 aliphatic heterocycles. The van der Waals surface area contributed by atoms with Crippen LogP contribution in [0.4, 0.5) is 10.1 Å². The molecule has 2 amide bonds. The van der Waals surface area contributed by atoms with Crippen LogP contribution in [0.1, 0.15) is 42.0 Å². The van der Waals surface area contributed by atoms with Gasteiger partial charge in [-0.05, 0) is 90.9 Å². The summed E-state index contributed by atoms with van der Waals surface area (Å²) in [5.74, 6) is 0.0556. The lowest BCUT2D eigenvalue weighted by atomic mass is 9.76. The van der Waals surface area contributed by atoms with Crippen LogP contribution >= 0.6 is 0 Å². The summed E-state index contributed by atoms with van der Waals surface area (Å²) >= 11 is 0. The Hall–Kier alpha value is -4.13. The van der Waals surface area contributed by atoms with Crippen LogP contribution in [0.5, 0.6) is 5.75 Å². The fraction of sp³-hybridized carbons (Fsp3) is 0.267. The molecule has 1 saturated carbocycles. The standard InChI is InChI=1S/C30H30FN3O3/c1-30(23-8-3-20(4-9-23)5-16-28(35)32-33-29(36)21-6-7-21)27-15-14-26(37-2)19-22(27)17-18-34(30)25-12-10-24(31)11-13-25/h3-5,8-16,19,21H,6-7,17-18H2,1-2H3,(H,32,35)(H,33,36)/b16-5+. The van der Waals surface area contributed by atoms with Gasteiger partial charge in [0.15, 0.2) is 0 Å². The highest BCUT2D eigenvalue weighted by Crippen LogP contribution is 2.44. The van der Waals surface area contributed by atoms with Gasteiger partial charge in [-0.15, -0.1) is 0 Å². The fourth-order valence-electron chi connectivity index (χ4n) is 5.00. The van der Waals surface area contributed by atoms with Crippen molar-refractivity contribution >= 4 is 23.6 Å². The monoisotopic (exact) mass is 499 g/mol. The predicted molar refractivity (Wildman–Crippen MR) is 141 cm³/mol. The Morgan fingerprint density at radius 3 is 2.43 bits per heavy atom. The molecule has 190 valence electrons. The summed E-state index contributed by atoms with van der Waals surface area (Å²) in [6.07, 6.45) is 5.70. The minimum atomic E-state index is -0.510. The van der Waals surface area contributed by atoms with E-state index in [0.717, 1.165) is 53.9 Å². The van der Waals surface area contributed by atoms with Crippen LogP contribution in [0.2, 0.25) is 0 Å². The summed E-state index contributed by atoms with van der Waals surface area (Å²) in [7, 11) is 1.67. The quantitative estimate of drug-likeness (QED) is 0.380. The van der Waals surface area contributed by atoms with Gasteiger partial charge in [-0.2, -0.15) is 0 Å². The first-order valence-electron chi connectivity index (χ1n) is 12.5. The Morgan fingerprint density at radius 2 is 1.76 bits per heavy atom. The first kappa shape index (κ1) is 24.6. The molecule has 0 spiro atoms. The largest absolute Gasteiger partial charge is 0.497 e. The zero-order chi connectivity index (χ0) is 26.0. The second kappa shape index (κ2) is 10.1. The van der Waals surface area contributed by atoms with E-state index in [4.69, 9.17) is 4.74 Å². The summed E-state index contributed by atoms with van der Waals surface area (Å²) in [5.41, 5.74) is 9.62. The molecule has 5 rings (SSSR count). The number of carbonyl (C=O) groups is 2. The SMILES string of the molecule is COc1ccc2c(c1)CCN(c1ccc(F)cc1)C2(C)c1ccc(/C=C/C(=O)NNC(=O)C2CC2)cc1. The van der Waals surface area contributed by atoms with Gasteiger partial charge in [0.05, 0.1) is 12.6 Å². The number of halogens is 1. The van der Waals surface area contributed by atoms with Crippen molar-refractivity contribution in [3.05, 3.63) is 101 Å². The third kappa shape index (κ3) is 5.07. The number of amides is 2. The van der Waals surface area contributed by atoms with Crippen molar-refractivity contribution in [3.8, 4) is 5.75 Å². The molecular formula is C30H30FN3O3. The number of methoxy groups -OCH3 is 1. The van der Waals surface area contributed by atoms with Crippen LogP contribution in [0.3, 0.4) is 0 Å². The van der Waals surface area contributed by atoms with Crippen LogP contribution in [0.25, 0.3) is 6.08 Å². The second-order valence-corrected chi connectivity index (χ2v) is 9.68. The van der Waals surface area contributed by atoms with Crippen molar-refractivity contribution < 1.29 is 18.7 Å². The smallest absolute Gasteiger partial charge is 0.262 e. The minimum absolute atomic E-state index is 0.0265. The lowest BCUT2D eigenvalue weighted by Crippen LogP contribution is -2.49. The average Bonchev–Trinajstić information content (AvgIpc) is 3.77. The highest BCUT2D eigenvalue weighted by Gasteiger charge is 2.40. The van der Waals surface area contributed by atoms with Gasteiger partial charge < -0.3 is 9.64 Å². The van der Waals surface area contributed by atoms with Gasteiger partial charge in [0.2, 0.25) is 5.91 Å². The summed E-state index contributed by atoms with van der Waals surface area (Å²) in [4.78, 5) is 26.1. The van der Waals surface area contributed by atoms with Crippen molar-refractivity contribution in [1.82, 2.24) is 10.9 Å². The lowest BCUT2D eigenvalue weighted by Gasteiger charge is -2.48. The molecule has 2 N–H and O–H groups in total. The lowest BCUT2D eigenvalue weighted by molar-refractivity contribution is -0.127. The van der Waals surface area contributed by atoms with Gasteiger partial charge in [-0.25, -0.2) is 4.39 Å². The molecule has 7 heteroatoms. The number of nitrogens with one attached hydrogen (secondary N) is 2. The first-order chi connectivity index (χ1) is 17.9. The number of fused-ring (bicyclic) bond motifs is 1. The van der Waals surface area contributed by atoms with E-state index in [1.165, 1.54) is 23.8 Å². The third-order valence-electron chi connectivity index (χ3n) is 7.28. The zero-order valence-corrected chi connectivity index (χ0v) is 21.0. The number of anilines is 1. The highest BCUT2D eigenvalue weighted by molar-refractivity contribution is 5.93. The van der Waals surface area contributed by atoms with Crippen molar-refractivity contribution in [2.24, 2.45) is 5.92 Å². The van der Waals surface area contributed by atoms with E-state index in [1.54, 1.807) is 13.2 Å². The molecule has 1 unspecified atom stereocenters. The normalized spacial score (nSPS) is 18.8. The first-order valence-corrected chi connectivity index (χ1v) is 12.5. The van der Waals surface area contributed by atoms with E-state index in [0.29, 0.717) is 0 Å². The zero-order valence-electron chi connectivity index (χ0n) is 21.0. The Bertz CT molecular complexity index is 1330. The highest BCUT2D eigenvalue weighted by atomic mass is 19.1. The third-order valence-corrected chi connectivity index (χ3v) is 7.28. The topological polar surface area (TPSA) is 70.7 Å². The van der Waals surface area contributed by atoms with E-state index < -0.39 is 5.54 Å². The molecule has 3 aromatic rings. The second-order valence-electron chi connectivity index (χ2n) is 9.68. The van der Waals surface area contributed by atoms with E-state index in [2.05, 4.69) is 46.9 Å². The Labute approximate surface area is 216 Å². The molecule has 1 atom stereocenters. The number of hydrazine groups is 1. The van der Waals surface area contributed by atoms with Gasteiger partial charge in [-0.3, -0.25) is 20.4 Å². The predicted octanol–water partition coefficient (Wildman–Crippen LogP) is 4.73. The molecule has 6 nitrogen and oxygen atoms in total. The van der Waals surface area contributed by atoms with Gasteiger partial charge in [0.25, 0.3) is 5.91 Å². The number of benzene rings is 3. The Balaban J connectivity index is 1.42. The molecule has 0 aromatic heterocycles. The summed E-state index contributed by atoms with van der Waals surface area (Å²) in [5, 5.41) is 0. The van der Waals surface area contributed by atoms with E-state index in [1.807, 2.05) is 30.3 Å². The summed E-state index contributed by atoms with van der Waals surface area (Å²) in [6.45, 7) is 2.94. The number of hydrogen-bond donors (Lipinski definition) is 2. The number of carbonyl (C=O) groups excluding carboxylic acids is 2. The maximum absolute atomic E-state index is 13.7. The maximum Gasteiger partial charge on any atom is 0.262 e. The average molecular weight is 500 g/mol. The molecular weight excluding hydrogens is 469 g/mol. The number of hydrogen-bond acceptors (Lipinski definition) is 4. The van der Waals surface area contributed by atoms with Crippen molar-refractivity contribution in [2.45, 2.75) is 31.7 Å². The number of ether oxygens (including phenoxy) is 1. The molecule has 1 aliphatic carbocycles. The number of nitrogens with zero attached hydrogens (tertiary/aromatic N) is 1. The Morgan fingerprint density at radius 1 is 1.03 bits per heavy atom. The summed E-state index contributed by atoms with van der Waals surface area (Å²) < 4.78 is 19.2. The van der Waals surface area contributed by atoms with Crippen LogP contribution < -0.4 is 20.5 Å². The van der Waals surface area contributed by atoms with Gasteiger partial charge >= 0.3 is 0 Å². The Kier molecular flexibility index (Phi) is 6.70. The van der Waals surface area contributed by atoms with Gasteiger partial charge in [-0.1, -0.05) is 30.3 Å². The minimum Gasteiger partial charge on any atom is -0.497 e. The van der Waals surface area contributed by atoms with Crippen LogP contribution in [-0.4, -0.2) is 25.5 Å². The molecule has 0 saturated heterocycles. The molecule has 37 heavy (non-hydrogen) atoms. The van der Waals surface area contributed by atoms with Crippen molar-refractivity contribution in [1.29, 1.82) is 0 Å². The molecule has 1 fully saturated rings. The van der Waals surface area contributed by atoms with Crippen LogP contribution in [0.15, 0.2) is 72.8 Å². The summed E-state index contributed by atoms with van der Waals surface area (Å²) in [6, 6.07) is 20.8. The molecule has 3 aromatic carbocycles. The van der Waals surface area contributed by atoms with Crippen LogP contribution in [-0.2, 0) is 21.5 Å². The van der Waals surface area contributed by atoms with E-state index in [9.17, 15) is 14.0 Å².